The first-order valence-electron chi connectivity index (χ1n) is 5.74. The van der Waals surface area contributed by atoms with Crippen molar-refractivity contribution in [3.05, 3.63) is 24.4 Å². The van der Waals surface area contributed by atoms with Crippen LogP contribution < -0.4 is 0 Å². The van der Waals surface area contributed by atoms with Gasteiger partial charge in [0.1, 0.15) is 11.6 Å². The van der Waals surface area contributed by atoms with Crippen LogP contribution >= 0.6 is 16.1 Å². The van der Waals surface area contributed by atoms with Gasteiger partial charge in [0.15, 0.2) is 0 Å². The van der Waals surface area contributed by atoms with Gasteiger partial charge >= 0.3 is 0 Å². The average Bonchev–Trinajstić information content (AvgIpc) is 2.29. The Balaban J connectivity index is 2.03. The lowest BCUT2D eigenvalue weighted by molar-refractivity contribution is 0.0608. The predicted molar refractivity (Wildman–Crippen MR) is 68.6 cm³/mol. The van der Waals surface area contributed by atoms with Crippen LogP contribution in [0, 0.1) is 11.8 Å². The Morgan fingerprint density at radius 2 is 2.00 bits per heavy atom. The number of nitrogens with zero attached hydrogens (tertiary/aromatic N) is 1. The monoisotopic (exact) mass is 281 g/mol. The van der Waals surface area contributed by atoms with Crippen molar-refractivity contribution in [3.63, 3.8) is 0 Å². The van der Waals surface area contributed by atoms with E-state index in [1.807, 2.05) is 28.4 Å². The molecule has 86 valence electrons. The Hall–Kier alpha value is -0.720. The minimum atomic E-state index is -0.749. The summed E-state index contributed by atoms with van der Waals surface area (Å²) in [6, 6.07) is 0.0240. The van der Waals surface area contributed by atoms with Crippen molar-refractivity contribution < 1.29 is 5.11 Å². The van der Waals surface area contributed by atoms with Gasteiger partial charge in [-0.05, 0) is 37.8 Å². The molecule has 1 unspecified atom stereocenters. The molecule has 3 heteroatoms. The summed E-state index contributed by atoms with van der Waals surface area (Å²) in [7, 11) is 0. The SMILES string of the molecule is OC1(C#CC2C=CC=CN2Br)CCCCC1. The third kappa shape index (κ3) is 2.90. The van der Waals surface area contributed by atoms with E-state index in [4.69, 9.17) is 0 Å². The highest BCUT2D eigenvalue weighted by Gasteiger charge is 2.26. The maximum atomic E-state index is 10.2. The Morgan fingerprint density at radius 3 is 2.69 bits per heavy atom. The van der Waals surface area contributed by atoms with E-state index in [1.54, 1.807) is 0 Å². The van der Waals surface area contributed by atoms with Crippen molar-refractivity contribution >= 4 is 16.1 Å². The smallest absolute Gasteiger partial charge is 0.125 e. The van der Waals surface area contributed by atoms with E-state index in [9.17, 15) is 5.11 Å². The minimum absolute atomic E-state index is 0.0240. The first kappa shape index (κ1) is 11.8. The largest absolute Gasteiger partial charge is 0.378 e. The van der Waals surface area contributed by atoms with Crippen LogP contribution in [-0.4, -0.2) is 20.7 Å². The molecule has 1 aliphatic heterocycles. The Morgan fingerprint density at radius 1 is 1.25 bits per heavy atom. The summed E-state index contributed by atoms with van der Waals surface area (Å²) in [6.45, 7) is 0. The van der Waals surface area contributed by atoms with Gasteiger partial charge < -0.3 is 5.11 Å². The fourth-order valence-electron chi connectivity index (χ4n) is 2.06. The molecule has 0 aromatic rings. The molecule has 16 heavy (non-hydrogen) atoms. The zero-order valence-corrected chi connectivity index (χ0v) is 10.8. The average molecular weight is 282 g/mol. The highest BCUT2D eigenvalue weighted by Crippen LogP contribution is 2.27. The second-order valence-corrected chi connectivity index (χ2v) is 5.20. The van der Waals surface area contributed by atoms with E-state index in [-0.39, 0.29) is 6.04 Å². The van der Waals surface area contributed by atoms with Crippen LogP contribution in [0.5, 0.6) is 0 Å². The first-order valence-corrected chi connectivity index (χ1v) is 6.45. The molecule has 0 aromatic heterocycles. The standard InChI is InChI=1S/C13H16BrNO/c14-15-11-5-2-6-12(15)7-10-13(16)8-3-1-4-9-13/h2,5-6,11-12,16H,1,3-4,8-9H2. The van der Waals surface area contributed by atoms with Gasteiger partial charge in [-0.25, -0.2) is 0 Å². The van der Waals surface area contributed by atoms with Crippen molar-refractivity contribution in [2.45, 2.75) is 43.7 Å². The topological polar surface area (TPSA) is 23.5 Å². The van der Waals surface area contributed by atoms with Crippen LogP contribution in [0.1, 0.15) is 32.1 Å². The zero-order chi connectivity index (χ0) is 11.4. The van der Waals surface area contributed by atoms with E-state index < -0.39 is 5.60 Å². The molecule has 1 atom stereocenters. The van der Waals surface area contributed by atoms with Crippen LogP contribution in [0.2, 0.25) is 0 Å². The molecule has 1 N–H and O–H groups in total. The second-order valence-electron chi connectivity index (χ2n) is 4.38. The number of aliphatic hydroxyl groups is 1. The molecule has 2 nitrogen and oxygen atoms in total. The second kappa shape index (κ2) is 5.07. The lowest BCUT2D eigenvalue weighted by atomic mass is 9.85. The van der Waals surface area contributed by atoms with Crippen molar-refractivity contribution in [1.82, 2.24) is 3.93 Å². The molecule has 0 aromatic carbocycles. The Bertz CT molecular complexity index is 358. The number of halogens is 1. The van der Waals surface area contributed by atoms with Gasteiger partial charge in [0.25, 0.3) is 0 Å². The first-order chi connectivity index (χ1) is 7.70. The van der Waals surface area contributed by atoms with Crippen LogP contribution in [0.15, 0.2) is 24.4 Å². The highest BCUT2D eigenvalue weighted by molar-refractivity contribution is 9.07. The van der Waals surface area contributed by atoms with E-state index in [1.165, 1.54) is 6.42 Å². The lowest BCUT2D eigenvalue weighted by Gasteiger charge is -2.27. The molecule has 2 aliphatic rings. The van der Waals surface area contributed by atoms with Gasteiger partial charge in [0.2, 0.25) is 0 Å². The Labute approximate surface area is 105 Å². The van der Waals surface area contributed by atoms with Gasteiger partial charge in [-0.15, -0.1) is 0 Å². The van der Waals surface area contributed by atoms with E-state index >= 15 is 0 Å². The minimum Gasteiger partial charge on any atom is -0.378 e. The maximum absolute atomic E-state index is 10.2. The molecule has 0 bridgehead atoms. The summed E-state index contributed by atoms with van der Waals surface area (Å²) in [5.74, 6) is 6.17. The molecule has 2 rings (SSSR count). The van der Waals surface area contributed by atoms with Gasteiger partial charge in [0, 0.05) is 6.20 Å². The molecule has 1 saturated carbocycles. The lowest BCUT2D eigenvalue weighted by Crippen LogP contribution is -2.30. The highest BCUT2D eigenvalue weighted by atomic mass is 79.9. The number of hydrogen-bond donors (Lipinski definition) is 1. The van der Waals surface area contributed by atoms with E-state index in [0.717, 1.165) is 25.7 Å². The third-order valence-electron chi connectivity index (χ3n) is 3.03. The van der Waals surface area contributed by atoms with Crippen LogP contribution in [0.25, 0.3) is 0 Å². The summed E-state index contributed by atoms with van der Waals surface area (Å²) in [5, 5.41) is 10.2. The van der Waals surface area contributed by atoms with Gasteiger partial charge in [-0.2, -0.15) is 0 Å². The van der Waals surface area contributed by atoms with E-state index in [0.29, 0.717) is 0 Å². The van der Waals surface area contributed by atoms with Crippen molar-refractivity contribution in [1.29, 1.82) is 0 Å². The fraction of sp³-hybridized carbons (Fsp3) is 0.538. The van der Waals surface area contributed by atoms with Crippen LogP contribution in [0.3, 0.4) is 0 Å². The molecule has 1 aliphatic carbocycles. The molecule has 0 amide bonds. The third-order valence-corrected chi connectivity index (χ3v) is 3.71. The van der Waals surface area contributed by atoms with Gasteiger partial charge in [0.05, 0.1) is 16.1 Å². The molecular formula is C13H16BrNO. The zero-order valence-electron chi connectivity index (χ0n) is 9.19. The summed E-state index contributed by atoms with van der Waals surface area (Å²) in [5.41, 5.74) is -0.749. The summed E-state index contributed by atoms with van der Waals surface area (Å²) < 4.78 is 1.87. The van der Waals surface area contributed by atoms with Crippen LogP contribution in [-0.2, 0) is 0 Å². The number of hydrogen-bond acceptors (Lipinski definition) is 2. The van der Waals surface area contributed by atoms with Crippen molar-refractivity contribution in [3.8, 4) is 11.8 Å². The molecule has 0 radical (unpaired) electrons. The molecule has 0 spiro atoms. The van der Waals surface area contributed by atoms with Crippen molar-refractivity contribution in [2.24, 2.45) is 0 Å². The van der Waals surface area contributed by atoms with Gasteiger partial charge in [-0.1, -0.05) is 24.3 Å². The Kier molecular flexibility index (Phi) is 3.73. The quantitative estimate of drug-likeness (QED) is 0.545. The normalized spacial score (nSPS) is 27.4. The summed E-state index contributed by atoms with van der Waals surface area (Å²) >= 11 is 3.41. The van der Waals surface area contributed by atoms with Crippen LogP contribution in [0.4, 0.5) is 0 Å². The predicted octanol–water partition coefficient (Wildman–Crippen LogP) is 2.75. The molecule has 1 heterocycles. The molecule has 1 fully saturated rings. The molecular weight excluding hydrogens is 266 g/mol. The van der Waals surface area contributed by atoms with Gasteiger partial charge in [-0.3, -0.25) is 3.93 Å². The summed E-state index contributed by atoms with van der Waals surface area (Å²) in [6.07, 6.45) is 12.9. The number of allylic oxidation sites excluding steroid dienone is 2. The van der Waals surface area contributed by atoms with E-state index in [2.05, 4.69) is 28.0 Å². The summed E-state index contributed by atoms with van der Waals surface area (Å²) in [4.78, 5) is 0. The van der Waals surface area contributed by atoms with Crippen molar-refractivity contribution in [2.75, 3.05) is 0 Å². The molecule has 0 saturated heterocycles. The maximum Gasteiger partial charge on any atom is 0.125 e. The number of rotatable bonds is 0. The fourth-order valence-corrected chi connectivity index (χ4v) is 2.43.